The molecule has 0 amide bonds. The topological polar surface area (TPSA) is 61.3 Å². The smallest absolute Gasteiger partial charge is 0.318 e. The van der Waals surface area contributed by atoms with Crippen LogP contribution in [-0.2, 0) is 19.7 Å². The molecule has 0 aliphatic carbocycles. The van der Waals surface area contributed by atoms with Crippen LogP contribution >= 0.6 is 11.8 Å². The van der Waals surface area contributed by atoms with E-state index < -0.39 is 5.41 Å². The molecule has 1 aromatic rings. The minimum atomic E-state index is -0.680. The van der Waals surface area contributed by atoms with Crippen molar-refractivity contribution in [3.63, 3.8) is 0 Å². The summed E-state index contributed by atoms with van der Waals surface area (Å²) < 4.78 is 10.3. The van der Waals surface area contributed by atoms with Crippen LogP contribution in [0.3, 0.4) is 0 Å². The van der Waals surface area contributed by atoms with Crippen LogP contribution in [0.4, 0.5) is 0 Å². The molecule has 1 aromatic heterocycles. The molecule has 0 radical (unpaired) electrons. The normalized spacial score (nSPS) is 18.3. The van der Waals surface area contributed by atoms with Crippen LogP contribution in [0.15, 0.2) is 17.4 Å². The Labute approximate surface area is 110 Å². The van der Waals surface area contributed by atoms with E-state index in [4.69, 9.17) is 9.47 Å². The third-order valence-electron chi connectivity index (χ3n) is 3.23. The number of carbonyl (C=O) groups is 1. The van der Waals surface area contributed by atoms with Crippen molar-refractivity contribution >= 4 is 17.7 Å². The molecule has 0 spiro atoms. The highest BCUT2D eigenvalue weighted by Crippen LogP contribution is 2.35. The fourth-order valence-corrected chi connectivity index (χ4v) is 2.54. The van der Waals surface area contributed by atoms with E-state index in [0.29, 0.717) is 31.2 Å². The zero-order chi connectivity index (χ0) is 13.0. The van der Waals surface area contributed by atoms with Gasteiger partial charge in [-0.1, -0.05) is 11.8 Å². The summed E-state index contributed by atoms with van der Waals surface area (Å²) in [5.41, 5.74) is 0.0532. The summed E-state index contributed by atoms with van der Waals surface area (Å²) in [6.45, 7) is 1.10. The van der Waals surface area contributed by atoms with E-state index in [2.05, 4.69) is 9.97 Å². The van der Waals surface area contributed by atoms with E-state index in [1.54, 1.807) is 12.3 Å². The lowest BCUT2D eigenvalue weighted by Gasteiger charge is -2.33. The number of esters is 1. The zero-order valence-electron chi connectivity index (χ0n) is 10.5. The first kappa shape index (κ1) is 13.3. The van der Waals surface area contributed by atoms with Crippen LogP contribution in [0.5, 0.6) is 0 Å². The van der Waals surface area contributed by atoms with Crippen molar-refractivity contribution in [1.82, 2.24) is 9.97 Å². The molecule has 0 N–H and O–H groups in total. The van der Waals surface area contributed by atoms with Crippen molar-refractivity contribution < 1.29 is 14.3 Å². The van der Waals surface area contributed by atoms with Crippen LogP contribution in [-0.4, -0.2) is 42.5 Å². The third kappa shape index (κ3) is 2.35. The Balaban J connectivity index is 2.41. The molecule has 2 heterocycles. The molecule has 1 fully saturated rings. The number of carbonyl (C=O) groups excluding carboxylic acids is 1. The Morgan fingerprint density at radius 2 is 2.22 bits per heavy atom. The highest BCUT2D eigenvalue weighted by molar-refractivity contribution is 7.98. The predicted molar refractivity (Wildman–Crippen MR) is 67.6 cm³/mol. The molecule has 0 unspecified atom stereocenters. The van der Waals surface area contributed by atoms with Crippen molar-refractivity contribution in [3.05, 3.63) is 18.0 Å². The van der Waals surface area contributed by atoms with Gasteiger partial charge in [0.05, 0.1) is 12.8 Å². The van der Waals surface area contributed by atoms with E-state index in [-0.39, 0.29) is 5.97 Å². The summed E-state index contributed by atoms with van der Waals surface area (Å²) in [7, 11) is 1.41. The van der Waals surface area contributed by atoms with Crippen molar-refractivity contribution in [2.75, 3.05) is 26.6 Å². The Bertz CT molecular complexity index is 433. The summed E-state index contributed by atoms with van der Waals surface area (Å²) >= 11 is 1.46. The Kier molecular flexibility index (Phi) is 4.19. The van der Waals surface area contributed by atoms with E-state index in [0.717, 1.165) is 5.69 Å². The van der Waals surface area contributed by atoms with Gasteiger partial charge in [-0.2, -0.15) is 0 Å². The van der Waals surface area contributed by atoms with Gasteiger partial charge in [-0.05, 0) is 25.2 Å². The lowest BCUT2D eigenvalue weighted by Crippen LogP contribution is -2.43. The lowest BCUT2D eigenvalue weighted by molar-refractivity contribution is -0.151. The number of aromatic nitrogens is 2. The molecule has 6 heteroatoms. The van der Waals surface area contributed by atoms with E-state index in [1.165, 1.54) is 18.9 Å². The van der Waals surface area contributed by atoms with E-state index in [9.17, 15) is 4.79 Å². The molecule has 0 bridgehead atoms. The molecule has 1 saturated heterocycles. The van der Waals surface area contributed by atoms with Crippen LogP contribution in [0.2, 0.25) is 0 Å². The number of rotatable bonds is 3. The van der Waals surface area contributed by atoms with Gasteiger partial charge < -0.3 is 9.47 Å². The highest BCUT2D eigenvalue weighted by atomic mass is 32.2. The highest BCUT2D eigenvalue weighted by Gasteiger charge is 2.44. The second-order valence-corrected chi connectivity index (χ2v) is 4.89. The Morgan fingerprint density at radius 3 is 2.83 bits per heavy atom. The maximum Gasteiger partial charge on any atom is 0.318 e. The Hall–Kier alpha value is -1.14. The number of hydrogen-bond donors (Lipinski definition) is 0. The third-order valence-corrected chi connectivity index (χ3v) is 3.79. The molecule has 5 nitrogen and oxygen atoms in total. The minimum absolute atomic E-state index is 0.239. The standard InChI is InChI=1S/C12H16N2O3S/c1-16-10(15)12(4-7-17-8-5-12)9-3-6-13-11(14-9)18-2/h3,6H,4-5,7-8H2,1-2H3. The predicted octanol–water partition coefficient (Wildman–Crippen LogP) is 1.42. The van der Waals surface area contributed by atoms with Gasteiger partial charge in [-0.15, -0.1) is 0 Å². The number of ether oxygens (including phenoxy) is 2. The monoisotopic (exact) mass is 268 g/mol. The molecule has 0 saturated carbocycles. The molecule has 98 valence electrons. The summed E-state index contributed by atoms with van der Waals surface area (Å²) in [5, 5.41) is 0.669. The largest absolute Gasteiger partial charge is 0.468 e. The number of thioether (sulfide) groups is 1. The fraction of sp³-hybridized carbons (Fsp3) is 0.583. The first-order valence-electron chi connectivity index (χ1n) is 5.76. The van der Waals surface area contributed by atoms with E-state index in [1.807, 2.05) is 6.26 Å². The maximum atomic E-state index is 12.1. The SMILES string of the molecule is COC(=O)C1(c2ccnc(SC)n2)CCOCC1. The summed E-state index contributed by atoms with van der Waals surface area (Å²) in [5.74, 6) is -0.239. The number of nitrogens with zero attached hydrogens (tertiary/aromatic N) is 2. The first-order valence-corrected chi connectivity index (χ1v) is 6.99. The van der Waals surface area contributed by atoms with Crippen molar-refractivity contribution in [2.24, 2.45) is 0 Å². The lowest BCUT2D eigenvalue weighted by atomic mass is 9.77. The van der Waals surface area contributed by atoms with Gasteiger partial charge in [0.15, 0.2) is 5.16 Å². The van der Waals surface area contributed by atoms with Crippen molar-refractivity contribution in [3.8, 4) is 0 Å². The first-order chi connectivity index (χ1) is 8.73. The minimum Gasteiger partial charge on any atom is -0.468 e. The van der Waals surface area contributed by atoms with Crippen LogP contribution < -0.4 is 0 Å². The van der Waals surface area contributed by atoms with Gasteiger partial charge >= 0.3 is 5.97 Å². The molecular weight excluding hydrogens is 252 g/mol. The van der Waals surface area contributed by atoms with Gasteiger partial charge in [0.1, 0.15) is 5.41 Å². The van der Waals surface area contributed by atoms with Crippen molar-refractivity contribution in [2.45, 2.75) is 23.4 Å². The molecule has 0 atom stereocenters. The quantitative estimate of drug-likeness (QED) is 0.469. The molecule has 18 heavy (non-hydrogen) atoms. The van der Waals surface area contributed by atoms with Gasteiger partial charge in [-0.3, -0.25) is 4.79 Å². The number of methoxy groups -OCH3 is 1. The summed E-state index contributed by atoms with van der Waals surface area (Å²) in [4.78, 5) is 20.7. The molecule has 1 aliphatic rings. The summed E-state index contributed by atoms with van der Waals surface area (Å²) in [6.07, 6.45) is 4.80. The van der Waals surface area contributed by atoms with Crippen LogP contribution in [0.1, 0.15) is 18.5 Å². The average molecular weight is 268 g/mol. The molecule has 0 aromatic carbocycles. The van der Waals surface area contributed by atoms with Gasteiger partial charge in [0.25, 0.3) is 0 Å². The number of hydrogen-bond acceptors (Lipinski definition) is 6. The second kappa shape index (κ2) is 5.67. The zero-order valence-corrected chi connectivity index (χ0v) is 11.3. The maximum absolute atomic E-state index is 12.1. The fourth-order valence-electron chi connectivity index (χ4n) is 2.19. The Morgan fingerprint density at radius 1 is 1.50 bits per heavy atom. The molecule has 2 rings (SSSR count). The molecule has 1 aliphatic heterocycles. The van der Waals surface area contributed by atoms with E-state index >= 15 is 0 Å². The van der Waals surface area contributed by atoms with Gasteiger partial charge in [-0.25, -0.2) is 9.97 Å². The van der Waals surface area contributed by atoms with Gasteiger partial charge in [0.2, 0.25) is 0 Å². The average Bonchev–Trinajstić information content (AvgIpc) is 2.47. The second-order valence-electron chi connectivity index (χ2n) is 4.11. The van der Waals surface area contributed by atoms with Crippen molar-refractivity contribution in [1.29, 1.82) is 0 Å². The molecular formula is C12H16N2O3S. The van der Waals surface area contributed by atoms with Crippen LogP contribution in [0.25, 0.3) is 0 Å². The van der Waals surface area contributed by atoms with Crippen LogP contribution in [0, 0.1) is 0 Å². The van der Waals surface area contributed by atoms with Gasteiger partial charge in [0, 0.05) is 19.4 Å². The summed E-state index contributed by atoms with van der Waals surface area (Å²) in [6, 6.07) is 1.79.